The van der Waals surface area contributed by atoms with Gasteiger partial charge < -0.3 is 24.7 Å². The number of halogens is 1. The van der Waals surface area contributed by atoms with Crippen LogP contribution < -0.4 is 24.7 Å². The molecule has 4 rings (SSSR count). The number of allylic oxidation sites excluding steroid dienone is 1. The van der Waals surface area contributed by atoms with E-state index in [4.69, 9.17) is 36.3 Å². The fraction of sp³-hybridized carbons (Fsp3) is 0.120. The van der Waals surface area contributed by atoms with Crippen LogP contribution in [0.25, 0.3) is 0 Å². The van der Waals surface area contributed by atoms with Crippen molar-refractivity contribution in [1.82, 2.24) is 0 Å². The minimum absolute atomic E-state index is 0.0284. The topological polar surface area (TPSA) is 104 Å². The van der Waals surface area contributed by atoms with Crippen molar-refractivity contribution in [2.75, 3.05) is 14.2 Å². The molecule has 0 bridgehead atoms. The molecule has 0 aliphatic carbocycles. The van der Waals surface area contributed by atoms with E-state index in [1.807, 2.05) is 6.07 Å². The summed E-state index contributed by atoms with van der Waals surface area (Å²) >= 11 is 6.09. The van der Waals surface area contributed by atoms with Gasteiger partial charge in [0.2, 0.25) is 5.88 Å². The number of carbonyl (C=O) groups excluding carboxylic acids is 1. The van der Waals surface area contributed by atoms with E-state index in [1.165, 1.54) is 7.11 Å². The number of nitriles is 1. The van der Waals surface area contributed by atoms with Crippen LogP contribution in [0.2, 0.25) is 5.02 Å². The Balaban J connectivity index is 1.73. The molecule has 1 atom stereocenters. The van der Waals surface area contributed by atoms with E-state index < -0.39 is 11.9 Å². The lowest BCUT2D eigenvalue weighted by molar-refractivity contribution is 0.0734. The maximum absolute atomic E-state index is 12.5. The van der Waals surface area contributed by atoms with Gasteiger partial charge in [0.1, 0.15) is 23.1 Å². The summed E-state index contributed by atoms with van der Waals surface area (Å²) in [6.45, 7) is 0. The molecule has 1 aliphatic heterocycles. The Morgan fingerprint density at radius 3 is 2.52 bits per heavy atom. The molecule has 1 aliphatic rings. The quantitative estimate of drug-likeness (QED) is 0.429. The number of hydrogen-bond acceptors (Lipinski definition) is 7. The van der Waals surface area contributed by atoms with Gasteiger partial charge in [0.05, 0.1) is 30.7 Å². The van der Waals surface area contributed by atoms with Gasteiger partial charge in [-0.05, 0) is 35.9 Å². The SMILES string of the molecule is COc1ccc(C2C(C#N)=C(N)Oc3cc(OC(=O)c4ccccc4Cl)ccc32)cc1OC. The number of ether oxygens (including phenoxy) is 4. The maximum Gasteiger partial charge on any atom is 0.345 e. The number of benzene rings is 3. The van der Waals surface area contributed by atoms with E-state index >= 15 is 0 Å². The molecule has 0 radical (unpaired) electrons. The van der Waals surface area contributed by atoms with Crippen molar-refractivity contribution in [3.8, 4) is 29.1 Å². The van der Waals surface area contributed by atoms with E-state index in [1.54, 1.807) is 61.7 Å². The first-order valence-corrected chi connectivity index (χ1v) is 10.2. The lowest BCUT2D eigenvalue weighted by atomic mass is 9.83. The number of nitrogens with zero attached hydrogens (tertiary/aromatic N) is 1. The van der Waals surface area contributed by atoms with Gasteiger partial charge in [-0.15, -0.1) is 0 Å². The lowest BCUT2D eigenvalue weighted by Gasteiger charge is -2.27. The molecule has 166 valence electrons. The standard InChI is InChI=1S/C25H19ClN2O5/c1-30-20-10-7-14(11-22(20)31-2)23-17-9-8-15(12-21(17)33-24(28)18(23)13-27)32-25(29)16-5-3-4-6-19(16)26/h3-12,23H,28H2,1-2H3. The fourth-order valence-corrected chi connectivity index (χ4v) is 3.88. The summed E-state index contributed by atoms with van der Waals surface area (Å²) in [5, 5.41) is 10.1. The predicted molar refractivity (Wildman–Crippen MR) is 122 cm³/mol. The normalized spacial score (nSPS) is 14.5. The van der Waals surface area contributed by atoms with Crippen molar-refractivity contribution in [3.05, 3.63) is 93.8 Å². The summed E-state index contributed by atoms with van der Waals surface area (Å²) in [6, 6.07) is 19.0. The van der Waals surface area contributed by atoms with Crippen LogP contribution in [0.3, 0.4) is 0 Å². The zero-order valence-electron chi connectivity index (χ0n) is 17.8. The zero-order valence-corrected chi connectivity index (χ0v) is 18.6. The first kappa shape index (κ1) is 22.1. The Kier molecular flexibility index (Phi) is 6.11. The Labute approximate surface area is 195 Å². The van der Waals surface area contributed by atoms with Gasteiger partial charge in [-0.2, -0.15) is 5.26 Å². The Hall–Kier alpha value is -4.15. The van der Waals surface area contributed by atoms with Crippen LogP contribution in [0.5, 0.6) is 23.0 Å². The van der Waals surface area contributed by atoms with Crippen LogP contribution in [0.1, 0.15) is 27.4 Å². The average molecular weight is 463 g/mol. The van der Waals surface area contributed by atoms with E-state index in [-0.39, 0.29) is 27.8 Å². The van der Waals surface area contributed by atoms with Gasteiger partial charge in [-0.1, -0.05) is 35.9 Å². The molecule has 8 heteroatoms. The van der Waals surface area contributed by atoms with Crippen molar-refractivity contribution >= 4 is 17.6 Å². The minimum Gasteiger partial charge on any atom is -0.493 e. The van der Waals surface area contributed by atoms with Crippen LogP contribution in [0.15, 0.2) is 72.1 Å². The molecule has 7 nitrogen and oxygen atoms in total. The van der Waals surface area contributed by atoms with Gasteiger partial charge in [-0.3, -0.25) is 0 Å². The summed E-state index contributed by atoms with van der Waals surface area (Å²) in [5.41, 5.74) is 8.02. The summed E-state index contributed by atoms with van der Waals surface area (Å²) in [7, 11) is 3.08. The minimum atomic E-state index is -0.603. The number of rotatable bonds is 5. The molecular weight excluding hydrogens is 444 g/mol. The highest BCUT2D eigenvalue weighted by Crippen LogP contribution is 2.45. The van der Waals surface area contributed by atoms with Crippen molar-refractivity contribution < 1.29 is 23.7 Å². The van der Waals surface area contributed by atoms with E-state index in [0.29, 0.717) is 22.8 Å². The summed E-state index contributed by atoms with van der Waals surface area (Å²) in [5.74, 6) is 0.559. The van der Waals surface area contributed by atoms with Crippen LogP contribution in [-0.4, -0.2) is 20.2 Å². The predicted octanol–water partition coefficient (Wildman–Crippen LogP) is 4.79. The van der Waals surface area contributed by atoms with E-state index in [9.17, 15) is 10.1 Å². The highest BCUT2D eigenvalue weighted by atomic mass is 35.5. The van der Waals surface area contributed by atoms with Crippen molar-refractivity contribution in [1.29, 1.82) is 5.26 Å². The first-order valence-electron chi connectivity index (χ1n) is 9.87. The molecule has 0 amide bonds. The number of fused-ring (bicyclic) bond motifs is 1. The second-order valence-electron chi connectivity index (χ2n) is 7.11. The molecule has 2 N–H and O–H groups in total. The largest absolute Gasteiger partial charge is 0.493 e. The smallest absolute Gasteiger partial charge is 0.345 e. The number of hydrogen-bond donors (Lipinski definition) is 1. The molecule has 0 spiro atoms. The summed E-state index contributed by atoms with van der Waals surface area (Å²) in [4.78, 5) is 12.5. The molecule has 1 heterocycles. The van der Waals surface area contributed by atoms with Gasteiger partial charge in [0, 0.05) is 11.6 Å². The molecule has 1 unspecified atom stereocenters. The van der Waals surface area contributed by atoms with Crippen molar-refractivity contribution in [2.45, 2.75) is 5.92 Å². The maximum atomic E-state index is 12.5. The molecule has 33 heavy (non-hydrogen) atoms. The number of esters is 1. The van der Waals surface area contributed by atoms with E-state index in [2.05, 4.69) is 6.07 Å². The third-order valence-corrected chi connectivity index (χ3v) is 5.57. The average Bonchev–Trinajstić information content (AvgIpc) is 2.82. The third kappa shape index (κ3) is 4.16. The number of carbonyl (C=O) groups is 1. The zero-order chi connectivity index (χ0) is 23.5. The Morgan fingerprint density at radius 2 is 1.82 bits per heavy atom. The molecule has 0 aromatic heterocycles. The molecular formula is C25H19ClN2O5. The highest BCUT2D eigenvalue weighted by Gasteiger charge is 2.31. The molecule has 0 saturated heterocycles. The Bertz CT molecular complexity index is 1310. The number of methoxy groups -OCH3 is 2. The van der Waals surface area contributed by atoms with Crippen molar-refractivity contribution in [3.63, 3.8) is 0 Å². The lowest BCUT2D eigenvalue weighted by Crippen LogP contribution is -2.21. The summed E-state index contributed by atoms with van der Waals surface area (Å²) in [6.07, 6.45) is 0. The highest BCUT2D eigenvalue weighted by molar-refractivity contribution is 6.33. The van der Waals surface area contributed by atoms with Gasteiger partial charge in [-0.25, -0.2) is 4.79 Å². The van der Waals surface area contributed by atoms with Crippen LogP contribution >= 0.6 is 11.6 Å². The van der Waals surface area contributed by atoms with Crippen molar-refractivity contribution in [2.24, 2.45) is 5.73 Å². The van der Waals surface area contributed by atoms with Gasteiger partial charge in [0.25, 0.3) is 0 Å². The van der Waals surface area contributed by atoms with Gasteiger partial charge in [0.15, 0.2) is 11.5 Å². The molecule has 0 fully saturated rings. The third-order valence-electron chi connectivity index (χ3n) is 5.24. The summed E-state index contributed by atoms with van der Waals surface area (Å²) < 4.78 is 21.9. The fourth-order valence-electron chi connectivity index (χ4n) is 3.66. The second kappa shape index (κ2) is 9.15. The van der Waals surface area contributed by atoms with Gasteiger partial charge >= 0.3 is 5.97 Å². The second-order valence-corrected chi connectivity index (χ2v) is 7.52. The van der Waals surface area contributed by atoms with Crippen LogP contribution in [-0.2, 0) is 0 Å². The molecule has 3 aromatic carbocycles. The number of nitrogens with two attached hydrogens (primary N) is 1. The van der Waals surface area contributed by atoms with Crippen LogP contribution in [0.4, 0.5) is 0 Å². The molecule has 0 saturated carbocycles. The molecule has 3 aromatic rings. The van der Waals surface area contributed by atoms with Crippen LogP contribution in [0, 0.1) is 11.3 Å². The Morgan fingerprint density at radius 1 is 1.06 bits per heavy atom. The monoisotopic (exact) mass is 462 g/mol. The first-order chi connectivity index (χ1) is 16.0. The van der Waals surface area contributed by atoms with E-state index in [0.717, 1.165) is 5.56 Å².